The highest BCUT2D eigenvalue weighted by Gasteiger charge is 2.07. The third kappa shape index (κ3) is 1.01. The van der Waals surface area contributed by atoms with Crippen LogP contribution < -0.4 is 5.43 Å². The number of hydrogen-bond donors (Lipinski definition) is 1. The average Bonchev–Trinajstić information content (AvgIpc) is 2.14. The largest absolute Gasteiger partial charge is 0.318 e. The number of hydrazine groups is 1. The van der Waals surface area contributed by atoms with E-state index in [2.05, 4.69) is 18.4 Å². The molecule has 1 N–H and O–H groups in total. The van der Waals surface area contributed by atoms with Crippen LogP contribution in [0.15, 0.2) is 12.3 Å². The molecule has 0 amide bonds. The predicted octanol–water partition coefficient (Wildman–Crippen LogP) is 0.729. The van der Waals surface area contributed by atoms with E-state index in [0.717, 1.165) is 0 Å². The molecule has 0 bridgehead atoms. The van der Waals surface area contributed by atoms with E-state index in [0.29, 0.717) is 6.04 Å². The highest BCUT2D eigenvalue weighted by atomic mass is 15.5. The number of rotatable bonds is 1. The van der Waals surface area contributed by atoms with Crippen molar-refractivity contribution in [1.82, 2.24) is 10.4 Å². The summed E-state index contributed by atoms with van der Waals surface area (Å²) < 4.78 is 0. The Labute approximate surface area is 50.1 Å². The fraction of sp³-hybridized carbons (Fsp3) is 0.667. The van der Waals surface area contributed by atoms with Gasteiger partial charge in [0, 0.05) is 19.3 Å². The summed E-state index contributed by atoms with van der Waals surface area (Å²) in [5.74, 6) is 0. The van der Waals surface area contributed by atoms with E-state index >= 15 is 0 Å². The molecule has 1 aliphatic rings. The summed E-state index contributed by atoms with van der Waals surface area (Å²) >= 11 is 0. The van der Waals surface area contributed by atoms with E-state index in [-0.39, 0.29) is 0 Å². The molecule has 1 rings (SSSR count). The molecule has 1 atom stereocenters. The summed E-state index contributed by atoms with van der Waals surface area (Å²) in [4.78, 5) is 0. The van der Waals surface area contributed by atoms with Crippen LogP contribution in [0.5, 0.6) is 0 Å². The van der Waals surface area contributed by atoms with Crippen molar-refractivity contribution in [3.8, 4) is 0 Å². The zero-order valence-corrected chi connectivity index (χ0v) is 5.39. The van der Waals surface area contributed by atoms with Crippen molar-refractivity contribution in [3.63, 3.8) is 0 Å². The Morgan fingerprint density at radius 2 is 2.50 bits per heavy atom. The van der Waals surface area contributed by atoms with Gasteiger partial charge in [-0.3, -0.25) is 0 Å². The SMILES string of the molecule is CCC1C=CN(C)N1. The molecule has 1 aliphatic heterocycles. The van der Waals surface area contributed by atoms with Crippen LogP contribution in [-0.2, 0) is 0 Å². The van der Waals surface area contributed by atoms with Gasteiger partial charge in [-0.15, -0.1) is 0 Å². The number of hydrogen-bond acceptors (Lipinski definition) is 2. The minimum atomic E-state index is 0.569. The van der Waals surface area contributed by atoms with Gasteiger partial charge in [0.05, 0.1) is 0 Å². The Bertz CT molecular complexity index is 98.7. The second-order valence-electron chi connectivity index (χ2n) is 2.10. The summed E-state index contributed by atoms with van der Waals surface area (Å²) in [6.45, 7) is 2.17. The van der Waals surface area contributed by atoms with Crippen LogP contribution in [0, 0.1) is 0 Å². The molecule has 0 aromatic rings. The molecule has 1 unspecified atom stereocenters. The van der Waals surface area contributed by atoms with Crippen LogP contribution in [0.25, 0.3) is 0 Å². The molecule has 0 aliphatic carbocycles. The fourth-order valence-electron chi connectivity index (χ4n) is 0.808. The summed E-state index contributed by atoms with van der Waals surface area (Å²) in [5, 5.41) is 1.98. The molecule has 2 heteroatoms. The van der Waals surface area contributed by atoms with Gasteiger partial charge in [-0.2, -0.15) is 0 Å². The molecule has 1 heterocycles. The lowest BCUT2D eigenvalue weighted by Gasteiger charge is -2.11. The molecular weight excluding hydrogens is 100 g/mol. The summed E-state index contributed by atoms with van der Waals surface area (Å²) in [6.07, 6.45) is 5.38. The quantitative estimate of drug-likeness (QED) is 0.538. The molecule has 0 saturated carbocycles. The van der Waals surface area contributed by atoms with E-state index in [1.807, 2.05) is 18.3 Å². The van der Waals surface area contributed by atoms with Gasteiger partial charge >= 0.3 is 0 Å². The van der Waals surface area contributed by atoms with Crippen molar-refractivity contribution in [2.75, 3.05) is 7.05 Å². The van der Waals surface area contributed by atoms with Gasteiger partial charge in [0.2, 0.25) is 0 Å². The van der Waals surface area contributed by atoms with Crippen LogP contribution in [0.1, 0.15) is 13.3 Å². The average molecular weight is 112 g/mol. The van der Waals surface area contributed by atoms with Crippen LogP contribution in [0.3, 0.4) is 0 Å². The first-order valence-electron chi connectivity index (χ1n) is 3.00. The molecular formula is C6H12N2. The zero-order valence-electron chi connectivity index (χ0n) is 5.39. The van der Waals surface area contributed by atoms with Crippen molar-refractivity contribution in [1.29, 1.82) is 0 Å². The topological polar surface area (TPSA) is 15.3 Å². The third-order valence-corrected chi connectivity index (χ3v) is 1.35. The Morgan fingerprint density at radius 3 is 2.75 bits per heavy atom. The highest BCUT2D eigenvalue weighted by molar-refractivity contribution is 4.96. The van der Waals surface area contributed by atoms with Crippen molar-refractivity contribution in [2.24, 2.45) is 0 Å². The highest BCUT2D eigenvalue weighted by Crippen LogP contribution is 2.00. The van der Waals surface area contributed by atoms with E-state index in [9.17, 15) is 0 Å². The molecule has 0 fully saturated rings. The lowest BCUT2D eigenvalue weighted by molar-refractivity contribution is 0.327. The Hall–Kier alpha value is -0.500. The van der Waals surface area contributed by atoms with Gasteiger partial charge in [0.1, 0.15) is 0 Å². The number of nitrogens with zero attached hydrogens (tertiary/aromatic N) is 1. The van der Waals surface area contributed by atoms with Gasteiger partial charge in [-0.05, 0) is 12.5 Å². The normalized spacial score (nSPS) is 27.2. The van der Waals surface area contributed by atoms with Gasteiger partial charge in [-0.1, -0.05) is 6.92 Å². The summed E-state index contributed by atoms with van der Waals surface area (Å²) in [7, 11) is 2.01. The molecule has 0 spiro atoms. The lowest BCUT2D eigenvalue weighted by atomic mass is 10.2. The Balaban J connectivity index is 2.34. The molecule has 0 saturated heterocycles. The maximum atomic E-state index is 3.23. The van der Waals surface area contributed by atoms with Gasteiger partial charge in [0.15, 0.2) is 0 Å². The van der Waals surface area contributed by atoms with Crippen molar-refractivity contribution < 1.29 is 0 Å². The minimum absolute atomic E-state index is 0.569. The fourth-order valence-corrected chi connectivity index (χ4v) is 0.808. The first-order chi connectivity index (χ1) is 3.83. The monoisotopic (exact) mass is 112 g/mol. The molecule has 0 radical (unpaired) electrons. The minimum Gasteiger partial charge on any atom is -0.318 e. The Morgan fingerprint density at radius 1 is 1.75 bits per heavy atom. The van der Waals surface area contributed by atoms with Crippen LogP contribution >= 0.6 is 0 Å². The molecule has 0 aromatic heterocycles. The van der Waals surface area contributed by atoms with E-state index in [1.165, 1.54) is 6.42 Å². The first-order valence-corrected chi connectivity index (χ1v) is 3.00. The predicted molar refractivity (Wildman–Crippen MR) is 34.1 cm³/mol. The molecule has 0 aromatic carbocycles. The smallest absolute Gasteiger partial charge is 0.0457 e. The maximum absolute atomic E-state index is 3.23. The van der Waals surface area contributed by atoms with Gasteiger partial charge in [0.25, 0.3) is 0 Å². The first kappa shape index (κ1) is 5.63. The molecule has 46 valence electrons. The van der Waals surface area contributed by atoms with Crippen LogP contribution in [0.2, 0.25) is 0 Å². The summed E-state index contributed by atoms with van der Waals surface area (Å²) in [6, 6.07) is 0.569. The van der Waals surface area contributed by atoms with E-state index in [1.54, 1.807) is 0 Å². The van der Waals surface area contributed by atoms with E-state index in [4.69, 9.17) is 0 Å². The maximum Gasteiger partial charge on any atom is 0.0457 e. The van der Waals surface area contributed by atoms with Gasteiger partial charge in [-0.25, -0.2) is 5.43 Å². The third-order valence-electron chi connectivity index (χ3n) is 1.35. The number of nitrogens with one attached hydrogen (secondary N) is 1. The van der Waals surface area contributed by atoms with Crippen molar-refractivity contribution in [2.45, 2.75) is 19.4 Å². The molecule has 8 heavy (non-hydrogen) atoms. The van der Waals surface area contributed by atoms with E-state index < -0.39 is 0 Å². The zero-order chi connectivity index (χ0) is 5.98. The van der Waals surface area contributed by atoms with Crippen LogP contribution in [-0.4, -0.2) is 18.1 Å². The summed E-state index contributed by atoms with van der Waals surface area (Å²) in [5.41, 5.74) is 3.23. The molecule has 2 nitrogen and oxygen atoms in total. The lowest BCUT2D eigenvalue weighted by Crippen LogP contribution is -2.31. The van der Waals surface area contributed by atoms with Gasteiger partial charge < -0.3 is 5.01 Å². The second kappa shape index (κ2) is 2.18. The second-order valence-corrected chi connectivity index (χ2v) is 2.10. The standard InChI is InChI=1S/C6H12N2/c1-3-6-4-5-8(2)7-6/h4-7H,3H2,1-2H3. The van der Waals surface area contributed by atoms with Crippen molar-refractivity contribution >= 4 is 0 Å². The van der Waals surface area contributed by atoms with Crippen LogP contribution in [0.4, 0.5) is 0 Å². The van der Waals surface area contributed by atoms with Crippen molar-refractivity contribution in [3.05, 3.63) is 12.3 Å². The Kier molecular flexibility index (Phi) is 1.53.